The number of hydrogen-bond donors (Lipinski definition) is 1. The van der Waals surface area contributed by atoms with Crippen molar-refractivity contribution >= 4 is 15.9 Å². The predicted molar refractivity (Wildman–Crippen MR) is 71.0 cm³/mol. The summed E-state index contributed by atoms with van der Waals surface area (Å²) in [6, 6.07) is 3.90. The van der Waals surface area contributed by atoms with Gasteiger partial charge in [0, 0.05) is 20.0 Å². The monoisotopic (exact) mass is 297 g/mol. The molecule has 0 amide bonds. The zero-order valence-electron chi connectivity index (χ0n) is 10.2. The van der Waals surface area contributed by atoms with Gasteiger partial charge >= 0.3 is 0 Å². The molecule has 2 aromatic heterocycles. The van der Waals surface area contributed by atoms with Gasteiger partial charge in [-0.1, -0.05) is 0 Å². The second-order valence-corrected chi connectivity index (χ2v) is 4.79. The average molecular weight is 298 g/mol. The quantitative estimate of drug-likeness (QED) is 0.943. The second-order valence-electron chi connectivity index (χ2n) is 4.00. The van der Waals surface area contributed by atoms with E-state index in [2.05, 4.69) is 26.3 Å². The van der Waals surface area contributed by atoms with E-state index in [9.17, 15) is 0 Å². The summed E-state index contributed by atoms with van der Waals surface area (Å²) in [6.45, 7) is 2.86. The van der Waals surface area contributed by atoms with Crippen LogP contribution in [0.3, 0.4) is 0 Å². The van der Waals surface area contributed by atoms with Crippen LogP contribution in [0.15, 0.2) is 21.0 Å². The average Bonchev–Trinajstić information content (AvgIpc) is 2.82. The van der Waals surface area contributed by atoms with Crippen LogP contribution in [-0.2, 0) is 13.5 Å². The van der Waals surface area contributed by atoms with E-state index in [1.54, 1.807) is 0 Å². The van der Waals surface area contributed by atoms with Gasteiger partial charge in [-0.3, -0.25) is 4.68 Å². The number of nitrogens with one attached hydrogen (secondary N) is 1. The van der Waals surface area contributed by atoms with Gasteiger partial charge in [0.05, 0.1) is 10.2 Å². The Morgan fingerprint density at radius 1 is 1.47 bits per heavy atom. The van der Waals surface area contributed by atoms with Gasteiger partial charge in [0.25, 0.3) is 0 Å². The summed E-state index contributed by atoms with van der Waals surface area (Å²) in [6.07, 6.45) is 0.931. The fourth-order valence-corrected chi connectivity index (χ4v) is 2.50. The molecule has 0 radical (unpaired) electrons. The molecule has 0 saturated heterocycles. The van der Waals surface area contributed by atoms with Crippen molar-refractivity contribution in [3.05, 3.63) is 28.1 Å². The van der Waals surface area contributed by atoms with Crippen molar-refractivity contribution in [3.63, 3.8) is 0 Å². The van der Waals surface area contributed by atoms with Crippen molar-refractivity contribution in [2.45, 2.75) is 13.3 Å². The van der Waals surface area contributed by atoms with Gasteiger partial charge in [0.2, 0.25) is 0 Å². The Morgan fingerprint density at radius 2 is 2.24 bits per heavy atom. The van der Waals surface area contributed by atoms with E-state index >= 15 is 0 Å². The minimum absolute atomic E-state index is 0.806. The van der Waals surface area contributed by atoms with Gasteiger partial charge in [-0.05, 0) is 42.0 Å². The van der Waals surface area contributed by atoms with E-state index in [0.29, 0.717) is 0 Å². The first kappa shape index (κ1) is 12.4. The maximum absolute atomic E-state index is 5.60. The largest absolute Gasteiger partial charge is 0.460 e. The van der Waals surface area contributed by atoms with Crippen LogP contribution in [0.1, 0.15) is 11.5 Å². The highest BCUT2D eigenvalue weighted by Crippen LogP contribution is 2.31. The summed E-state index contributed by atoms with van der Waals surface area (Å²) >= 11 is 3.61. The Hall–Kier alpha value is -1.07. The third-order valence-electron chi connectivity index (χ3n) is 2.69. The molecule has 2 heterocycles. The number of rotatable bonds is 4. The van der Waals surface area contributed by atoms with E-state index in [0.717, 1.165) is 34.7 Å². The molecule has 92 valence electrons. The fraction of sp³-hybridized carbons (Fsp3) is 0.417. The molecule has 5 heteroatoms. The number of halogens is 1. The molecule has 0 aliphatic rings. The Kier molecular flexibility index (Phi) is 3.69. The van der Waals surface area contributed by atoms with Crippen LogP contribution in [0.25, 0.3) is 11.5 Å². The molecule has 0 unspecified atom stereocenters. The van der Waals surface area contributed by atoms with Gasteiger partial charge in [-0.15, -0.1) is 0 Å². The van der Waals surface area contributed by atoms with E-state index in [1.807, 2.05) is 37.8 Å². The number of aromatic nitrogens is 2. The normalized spacial score (nSPS) is 11.1. The smallest absolute Gasteiger partial charge is 0.155 e. The Morgan fingerprint density at radius 3 is 2.82 bits per heavy atom. The van der Waals surface area contributed by atoms with Crippen LogP contribution in [0.4, 0.5) is 0 Å². The van der Waals surface area contributed by atoms with Crippen LogP contribution in [-0.4, -0.2) is 23.4 Å². The highest BCUT2D eigenvalue weighted by molar-refractivity contribution is 9.10. The van der Waals surface area contributed by atoms with E-state index in [4.69, 9.17) is 4.42 Å². The molecule has 0 atom stereocenters. The molecule has 0 bridgehead atoms. The maximum Gasteiger partial charge on any atom is 0.155 e. The Labute approximate surface area is 109 Å². The molecule has 4 nitrogen and oxygen atoms in total. The van der Waals surface area contributed by atoms with Crippen LogP contribution in [0.5, 0.6) is 0 Å². The summed E-state index contributed by atoms with van der Waals surface area (Å²) in [5.41, 5.74) is 2.04. The summed E-state index contributed by atoms with van der Waals surface area (Å²) in [7, 11) is 3.90. The molecule has 0 spiro atoms. The second kappa shape index (κ2) is 5.06. The van der Waals surface area contributed by atoms with Crippen LogP contribution < -0.4 is 5.32 Å². The fourth-order valence-electron chi connectivity index (χ4n) is 1.77. The molecule has 0 fully saturated rings. The van der Waals surface area contributed by atoms with Crippen LogP contribution in [0, 0.1) is 6.92 Å². The number of hydrogen-bond acceptors (Lipinski definition) is 3. The van der Waals surface area contributed by atoms with Gasteiger partial charge in [0.1, 0.15) is 11.5 Å². The highest BCUT2D eigenvalue weighted by Gasteiger charge is 2.17. The molecule has 0 aliphatic carbocycles. The zero-order chi connectivity index (χ0) is 12.4. The molecule has 0 aliphatic heterocycles. The van der Waals surface area contributed by atoms with Crippen molar-refractivity contribution in [1.82, 2.24) is 15.1 Å². The molecule has 1 N–H and O–H groups in total. The predicted octanol–water partition coefficient (Wildman–Crippen LogP) is 2.51. The summed E-state index contributed by atoms with van der Waals surface area (Å²) in [4.78, 5) is 0. The van der Waals surface area contributed by atoms with Gasteiger partial charge < -0.3 is 9.73 Å². The summed E-state index contributed by atoms with van der Waals surface area (Å²) < 4.78 is 8.52. The van der Waals surface area contributed by atoms with Crippen molar-refractivity contribution in [3.8, 4) is 11.5 Å². The van der Waals surface area contributed by atoms with Crippen molar-refractivity contribution < 1.29 is 4.42 Å². The lowest BCUT2D eigenvalue weighted by atomic mass is 10.2. The number of likely N-dealkylation sites (N-methyl/N-ethyl adjacent to an activating group) is 1. The topological polar surface area (TPSA) is 43.0 Å². The number of aryl methyl sites for hydroxylation is 2. The number of furan rings is 1. The summed E-state index contributed by atoms with van der Waals surface area (Å²) in [5.74, 6) is 1.70. The Bertz CT molecular complexity index is 516. The maximum atomic E-state index is 5.60. The lowest BCUT2D eigenvalue weighted by Crippen LogP contribution is -2.12. The minimum Gasteiger partial charge on any atom is -0.460 e. The van der Waals surface area contributed by atoms with E-state index in [-0.39, 0.29) is 0 Å². The first-order valence-corrected chi connectivity index (χ1v) is 6.35. The van der Waals surface area contributed by atoms with Gasteiger partial charge in [0.15, 0.2) is 5.76 Å². The van der Waals surface area contributed by atoms with Crippen LogP contribution >= 0.6 is 15.9 Å². The van der Waals surface area contributed by atoms with Gasteiger partial charge in [-0.2, -0.15) is 5.10 Å². The van der Waals surface area contributed by atoms with Crippen LogP contribution in [0.2, 0.25) is 0 Å². The molecule has 2 rings (SSSR count). The lowest BCUT2D eigenvalue weighted by molar-refractivity contribution is 0.544. The molecule has 17 heavy (non-hydrogen) atoms. The van der Waals surface area contributed by atoms with Crippen molar-refractivity contribution in [2.75, 3.05) is 13.6 Å². The van der Waals surface area contributed by atoms with Gasteiger partial charge in [-0.25, -0.2) is 0 Å². The first-order chi connectivity index (χ1) is 8.13. The molecular formula is C12H16BrN3O. The zero-order valence-corrected chi connectivity index (χ0v) is 11.8. The minimum atomic E-state index is 0.806. The number of nitrogens with zero attached hydrogens (tertiary/aromatic N) is 2. The lowest BCUT2D eigenvalue weighted by Gasteiger charge is -2.01. The SMILES string of the molecule is CNCCc1c(Br)c(-c2ccc(C)o2)nn1C. The van der Waals surface area contributed by atoms with E-state index < -0.39 is 0 Å². The van der Waals surface area contributed by atoms with E-state index in [1.165, 1.54) is 5.69 Å². The first-order valence-electron chi connectivity index (χ1n) is 5.56. The highest BCUT2D eigenvalue weighted by atomic mass is 79.9. The third kappa shape index (κ3) is 2.45. The molecular weight excluding hydrogens is 282 g/mol. The molecule has 0 aromatic carbocycles. The molecule has 2 aromatic rings. The third-order valence-corrected chi connectivity index (χ3v) is 3.52. The standard InChI is InChI=1S/C12H16BrN3O/c1-8-4-5-10(17-8)12-11(13)9(6-7-14-2)16(3)15-12/h4-5,14H,6-7H2,1-3H3. The van der Waals surface area contributed by atoms with Crippen molar-refractivity contribution in [1.29, 1.82) is 0 Å². The summed E-state index contributed by atoms with van der Waals surface area (Å²) in [5, 5.41) is 7.63. The van der Waals surface area contributed by atoms with Crippen molar-refractivity contribution in [2.24, 2.45) is 7.05 Å². The molecule has 0 saturated carbocycles. The Balaban J connectivity index is 2.36.